The summed E-state index contributed by atoms with van der Waals surface area (Å²) < 4.78 is 2.00. The molecule has 1 aliphatic heterocycles. The molecular formula is C17H19N5. The van der Waals surface area contributed by atoms with Gasteiger partial charge in [0.1, 0.15) is 12.1 Å². The standard InChI is InChI=1S/C17H19N5/c1-2-7-11-21(10-6-1)16-12-15(14-8-4-3-5-9-14)19-17-20-18-13-22(16)17/h3-5,8-9,12-13H,1-2,6-7,10-11H2. The zero-order chi connectivity index (χ0) is 14.8. The van der Waals surface area contributed by atoms with E-state index in [1.54, 1.807) is 6.33 Å². The highest BCUT2D eigenvalue weighted by atomic mass is 15.3. The van der Waals surface area contributed by atoms with E-state index in [4.69, 9.17) is 0 Å². The summed E-state index contributed by atoms with van der Waals surface area (Å²) in [6.07, 6.45) is 6.88. The molecule has 3 aromatic rings. The smallest absolute Gasteiger partial charge is 0.256 e. The highest BCUT2D eigenvalue weighted by Crippen LogP contribution is 2.25. The van der Waals surface area contributed by atoms with Crippen molar-refractivity contribution >= 4 is 11.6 Å². The Bertz CT molecular complexity index is 757. The van der Waals surface area contributed by atoms with Gasteiger partial charge in [0.25, 0.3) is 5.78 Å². The van der Waals surface area contributed by atoms with Crippen molar-refractivity contribution in [2.45, 2.75) is 25.7 Å². The molecular weight excluding hydrogens is 274 g/mol. The summed E-state index contributed by atoms with van der Waals surface area (Å²) in [4.78, 5) is 7.09. The van der Waals surface area contributed by atoms with Crippen LogP contribution in [-0.2, 0) is 0 Å². The van der Waals surface area contributed by atoms with Gasteiger partial charge in [-0.25, -0.2) is 4.98 Å². The number of aromatic nitrogens is 4. The molecule has 0 spiro atoms. The van der Waals surface area contributed by atoms with Crippen LogP contribution in [0.4, 0.5) is 5.82 Å². The van der Waals surface area contributed by atoms with Gasteiger partial charge in [-0.05, 0) is 12.8 Å². The van der Waals surface area contributed by atoms with Crippen molar-refractivity contribution in [3.63, 3.8) is 0 Å². The van der Waals surface area contributed by atoms with Crippen LogP contribution in [0.3, 0.4) is 0 Å². The lowest BCUT2D eigenvalue weighted by Crippen LogP contribution is -2.26. The van der Waals surface area contributed by atoms with E-state index in [9.17, 15) is 0 Å². The summed E-state index contributed by atoms with van der Waals surface area (Å²) in [6, 6.07) is 12.4. The highest BCUT2D eigenvalue weighted by Gasteiger charge is 2.16. The Hall–Kier alpha value is -2.43. The first-order valence-electron chi connectivity index (χ1n) is 7.93. The van der Waals surface area contributed by atoms with E-state index in [2.05, 4.69) is 38.3 Å². The largest absolute Gasteiger partial charge is 0.358 e. The quantitative estimate of drug-likeness (QED) is 0.728. The Morgan fingerprint density at radius 1 is 0.909 bits per heavy atom. The van der Waals surface area contributed by atoms with Crippen molar-refractivity contribution in [2.24, 2.45) is 0 Å². The molecule has 1 saturated heterocycles. The second-order valence-electron chi connectivity index (χ2n) is 5.77. The average Bonchev–Trinajstić information content (AvgIpc) is 2.88. The van der Waals surface area contributed by atoms with Crippen molar-refractivity contribution in [3.05, 3.63) is 42.7 Å². The number of fused-ring (bicyclic) bond motifs is 1. The Balaban J connectivity index is 1.83. The zero-order valence-electron chi connectivity index (χ0n) is 12.5. The Kier molecular flexibility index (Phi) is 3.46. The van der Waals surface area contributed by atoms with Gasteiger partial charge in [0.2, 0.25) is 0 Å². The molecule has 0 aliphatic carbocycles. The molecule has 0 N–H and O–H groups in total. The molecule has 0 amide bonds. The predicted octanol–water partition coefficient (Wildman–Crippen LogP) is 3.17. The maximum Gasteiger partial charge on any atom is 0.256 e. The SMILES string of the molecule is c1ccc(-c2cc(N3CCCCCC3)n3cnnc3n2)cc1. The number of hydrogen-bond acceptors (Lipinski definition) is 4. The van der Waals surface area contributed by atoms with Crippen molar-refractivity contribution in [2.75, 3.05) is 18.0 Å². The topological polar surface area (TPSA) is 46.3 Å². The first-order chi connectivity index (χ1) is 10.9. The summed E-state index contributed by atoms with van der Waals surface area (Å²) in [5, 5.41) is 8.20. The first kappa shape index (κ1) is 13.2. The highest BCUT2D eigenvalue weighted by molar-refractivity contribution is 5.65. The summed E-state index contributed by atoms with van der Waals surface area (Å²) in [7, 11) is 0. The van der Waals surface area contributed by atoms with Gasteiger partial charge in [0.05, 0.1) is 5.69 Å². The lowest BCUT2D eigenvalue weighted by atomic mass is 10.1. The van der Waals surface area contributed by atoms with Crippen molar-refractivity contribution in [1.82, 2.24) is 19.6 Å². The van der Waals surface area contributed by atoms with Gasteiger partial charge in [-0.1, -0.05) is 43.2 Å². The third kappa shape index (κ3) is 2.43. The van der Waals surface area contributed by atoms with Crippen LogP contribution in [0.2, 0.25) is 0 Å². The van der Waals surface area contributed by atoms with Gasteiger partial charge in [-0.2, -0.15) is 0 Å². The Morgan fingerprint density at radius 2 is 1.68 bits per heavy atom. The van der Waals surface area contributed by atoms with Crippen LogP contribution >= 0.6 is 0 Å². The molecule has 0 saturated carbocycles. The molecule has 1 aromatic carbocycles. The molecule has 2 aromatic heterocycles. The van der Waals surface area contributed by atoms with Crippen LogP contribution in [0.5, 0.6) is 0 Å². The van der Waals surface area contributed by atoms with Gasteiger partial charge in [-0.3, -0.25) is 4.40 Å². The normalized spacial score (nSPS) is 15.9. The van der Waals surface area contributed by atoms with Crippen LogP contribution in [0.25, 0.3) is 17.0 Å². The van der Waals surface area contributed by atoms with E-state index in [-0.39, 0.29) is 0 Å². The molecule has 1 aliphatic rings. The first-order valence-corrected chi connectivity index (χ1v) is 7.93. The fourth-order valence-corrected chi connectivity index (χ4v) is 3.10. The third-order valence-corrected chi connectivity index (χ3v) is 4.26. The molecule has 112 valence electrons. The van der Waals surface area contributed by atoms with Crippen LogP contribution in [0.1, 0.15) is 25.7 Å². The maximum atomic E-state index is 4.65. The fourth-order valence-electron chi connectivity index (χ4n) is 3.10. The number of benzene rings is 1. The van der Waals surface area contributed by atoms with Crippen molar-refractivity contribution in [3.8, 4) is 11.3 Å². The molecule has 0 unspecified atom stereocenters. The van der Waals surface area contributed by atoms with Crippen LogP contribution in [0.15, 0.2) is 42.7 Å². The second-order valence-corrected chi connectivity index (χ2v) is 5.77. The molecule has 5 heteroatoms. The van der Waals surface area contributed by atoms with Gasteiger partial charge < -0.3 is 4.90 Å². The van der Waals surface area contributed by atoms with Crippen LogP contribution in [-0.4, -0.2) is 32.7 Å². The number of hydrogen-bond donors (Lipinski definition) is 0. The van der Waals surface area contributed by atoms with Crippen LogP contribution in [0, 0.1) is 0 Å². The minimum absolute atomic E-state index is 0.667. The summed E-state index contributed by atoms with van der Waals surface area (Å²) in [5.74, 6) is 1.82. The molecule has 0 atom stereocenters. The predicted molar refractivity (Wildman–Crippen MR) is 86.9 cm³/mol. The summed E-state index contributed by atoms with van der Waals surface area (Å²) >= 11 is 0. The average molecular weight is 293 g/mol. The van der Waals surface area contributed by atoms with E-state index >= 15 is 0 Å². The molecule has 1 fully saturated rings. The van der Waals surface area contributed by atoms with Crippen LogP contribution < -0.4 is 4.90 Å². The van der Waals surface area contributed by atoms with Gasteiger partial charge >= 0.3 is 0 Å². The van der Waals surface area contributed by atoms with Gasteiger partial charge in [0.15, 0.2) is 0 Å². The molecule has 4 rings (SSSR count). The summed E-state index contributed by atoms with van der Waals surface area (Å²) in [5.41, 5.74) is 2.07. The minimum atomic E-state index is 0.667. The van der Waals surface area contributed by atoms with E-state index in [1.807, 2.05) is 22.6 Å². The molecule has 22 heavy (non-hydrogen) atoms. The zero-order valence-corrected chi connectivity index (χ0v) is 12.5. The lowest BCUT2D eigenvalue weighted by Gasteiger charge is -2.23. The van der Waals surface area contributed by atoms with E-state index in [0.29, 0.717) is 5.78 Å². The third-order valence-electron chi connectivity index (χ3n) is 4.26. The number of nitrogens with zero attached hydrogens (tertiary/aromatic N) is 5. The van der Waals surface area contributed by atoms with E-state index in [0.717, 1.165) is 30.2 Å². The molecule has 0 bridgehead atoms. The molecule has 3 heterocycles. The van der Waals surface area contributed by atoms with Gasteiger partial charge in [-0.15, -0.1) is 10.2 Å². The fraction of sp³-hybridized carbons (Fsp3) is 0.353. The van der Waals surface area contributed by atoms with E-state index in [1.165, 1.54) is 25.7 Å². The monoisotopic (exact) mass is 293 g/mol. The molecule has 0 radical (unpaired) electrons. The maximum absolute atomic E-state index is 4.65. The summed E-state index contributed by atoms with van der Waals surface area (Å²) in [6.45, 7) is 2.18. The van der Waals surface area contributed by atoms with Crippen molar-refractivity contribution < 1.29 is 0 Å². The van der Waals surface area contributed by atoms with E-state index < -0.39 is 0 Å². The second kappa shape index (κ2) is 5.75. The lowest BCUT2D eigenvalue weighted by molar-refractivity contribution is 0.726. The number of anilines is 1. The Labute approximate surface area is 129 Å². The molecule has 5 nitrogen and oxygen atoms in total. The Morgan fingerprint density at radius 3 is 2.45 bits per heavy atom. The van der Waals surface area contributed by atoms with Gasteiger partial charge in [0, 0.05) is 24.7 Å². The minimum Gasteiger partial charge on any atom is -0.358 e. The number of rotatable bonds is 2. The van der Waals surface area contributed by atoms with Crippen molar-refractivity contribution in [1.29, 1.82) is 0 Å².